The third kappa shape index (κ3) is 2.93. The van der Waals surface area contributed by atoms with Crippen LogP contribution in [0.2, 0.25) is 0 Å². The third-order valence-electron chi connectivity index (χ3n) is 3.91. The van der Waals surface area contributed by atoms with E-state index in [1.165, 1.54) is 0 Å². The molecule has 0 radical (unpaired) electrons. The fraction of sp³-hybridized carbons (Fsp3) is 0.562. The summed E-state index contributed by atoms with van der Waals surface area (Å²) in [5.41, 5.74) is 0.650. The SMILES string of the molecule is CC1(C)O[C@H]2O[C@H](C(=O)CC(O)c3ccccc3)[C@H](O)[C@H]2O1. The van der Waals surface area contributed by atoms with E-state index in [9.17, 15) is 15.0 Å². The largest absolute Gasteiger partial charge is 0.388 e. The van der Waals surface area contributed by atoms with E-state index >= 15 is 0 Å². The molecule has 1 aromatic rings. The zero-order valence-corrected chi connectivity index (χ0v) is 12.5. The fourth-order valence-corrected chi connectivity index (χ4v) is 2.86. The molecule has 0 amide bonds. The highest BCUT2D eigenvalue weighted by Crippen LogP contribution is 2.38. The average molecular weight is 308 g/mol. The van der Waals surface area contributed by atoms with Crippen LogP contribution >= 0.6 is 0 Å². The molecule has 0 aromatic heterocycles. The van der Waals surface area contributed by atoms with Crippen LogP contribution in [0.25, 0.3) is 0 Å². The number of Topliss-reactive ketones (excluding diaryl/α,β-unsaturated/α-hetero) is 1. The molecule has 2 heterocycles. The van der Waals surface area contributed by atoms with Crippen molar-refractivity contribution in [2.75, 3.05) is 0 Å². The third-order valence-corrected chi connectivity index (χ3v) is 3.91. The van der Waals surface area contributed by atoms with Crippen molar-refractivity contribution >= 4 is 5.78 Å². The summed E-state index contributed by atoms with van der Waals surface area (Å²) < 4.78 is 16.5. The molecule has 2 aliphatic rings. The molecule has 5 atom stereocenters. The van der Waals surface area contributed by atoms with Gasteiger partial charge in [-0.25, -0.2) is 0 Å². The van der Waals surface area contributed by atoms with Gasteiger partial charge in [-0.2, -0.15) is 0 Å². The Morgan fingerprint density at radius 2 is 1.95 bits per heavy atom. The first-order valence-electron chi connectivity index (χ1n) is 7.32. The van der Waals surface area contributed by atoms with Crippen LogP contribution in [-0.2, 0) is 19.0 Å². The number of carbonyl (C=O) groups is 1. The molecule has 3 rings (SSSR count). The molecule has 2 aliphatic heterocycles. The van der Waals surface area contributed by atoms with E-state index < -0.39 is 36.5 Å². The lowest BCUT2D eigenvalue weighted by atomic mass is 9.99. The van der Waals surface area contributed by atoms with E-state index in [-0.39, 0.29) is 12.2 Å². The van der Waals surface area contributed by atoms with Crippen LogP contribution in [0.15, 0.2) is 30.3 Å². The molecule has 6 heteroatoms. The molecule has 2 fully saturated rings. The predicted molar refractivity (Wildman–Crippen MR) is 75.7 cm³/mol. The number of aliphatic hydroxyl groups is 2. The van der Waals surface area contributed by atoms with Gasteiger partial charge in [0.1, 0.15) is 18.3 Å². The van der Waals surface area contributed by atoms with Crippen molar-refractivity contribution < 1.29 is 29.2 Å². The number of aliphatic hydroxyl groups excluding tert-OH is 2. The van der Waals surface area contributed by atoms with Crippen molar-refractivity contribution in [3.8, 4) is 0 Å². The van der Waals surface area contributed by atoms with Gasteiger partial charge in [0.05, 0.1) is 6.10 Å². The van der Waals surface area contributed by atoms with E-state index in [4.69, 9.17) is 14.2 Å². The smallest absolute Gasteiger partial charge is 0.190 e. The minimum atomic E-state index is -1.10. The standard InChI is InChI=1S/C16H20O6/c1-16(2)21-14-12(19)13(20-15(14)22-16)11(18)8-10(17)9-6-4-3-5-7-9/h3-7,10,12-15,17,19H,8H2,1-2H3/t10?,12-,13+,14+,15+/m0/s1. The first-order chi connectivity index (χ1) is 10.4. The monoisotopic (exact) mass is 308 g/mol. The van der Waals surface area contributed by atoms with Crippen LogP contribution in [0.3, 0.4) is 0 Å². The average Bonchev–Trinajstić information content (AvgIpc) is 2.93. The van der Waals surface area contributed by atoms with Crippen molar-refractivity contribution in [1.29, 1.82) is 0 Å². The van der Waals surface area contributed by atoms with Crippen LogP contribution in [0.5, 0.6) is 0 Å². The summed E-state index contributed by atoms with van der Waals surface area (Å²) in [6.07, 6.45) is -4.63. The number of fused-ring (bicyclic) bond motifs is 1. The highest BCUT2D eigenvalue weighted by atomic mass is 16.8. The van der Waals surface area contributed by atoms with Crippen LogP contribution in [-0.4, -0.2) is 46.4 Å². The zero-order chi connectivity index (χ0) is 15.9. The lowest BCUT2D eigenvalue weighted by Crippen LogP contribution is -2.39. The van der Waals surface area contributed by atoms with Crippen LogP contribution < -0.4 is 0 Å². The van der Waals surface area contributed by atoms with Gasteiger partial charge >= 0.3 is 0 Å². The van der Waals surface area contributed by atoms with E-state index in [1.54, 1.807) is 38.1 Å². The number of carbonyl (C=O) groups excluding carboxylic acids is 1. The summed E-state index contributed by atoms with van der Waals surface area (Å²) in [6, 6.07) is 8.90. The summed E-state index contributed by atoms with van der Waals surface area (Å²) in [4.78, 5) is 12.3. The molecule has 2 N–H and O–H groups in total. The number of hydrogen-bond donors (Lipinski definition) is 2. The Hall–Kier alpha value is -1.31. The van der Waals surface area contributed by atoms with Gasteiger partial charge in [0.15, 0.2) is 17.9 Å². The Labute approximate surface area is 128 Å². The van der Waals surface area contributed by atoms with Gasteiger partial charge in [-0.1, -0.05) is 30.3 Å². The molecule has 0 bridgehead atoms. The van der Waals surface area contributed by atoms with Crippen LogP contribution in [0, 0.1) is 0 Å². The summed E-state index contributed by atoms with van der Waals surface area (Å²) in [6.45, 7) is 3.44. The first-order valence-corrected chi connectivity index (χ1v) is 7.32. The fourth-order valence-electron chi connectivity index (χ4n) is 2.86. The van der Waals surface area contributed by atoms with E-state index in [2.05, 4.69) is 0 Å². The van der Waals surface area contributed by atoms with E-state index in [0.717, 1.165) is 0 Å². The first kappa shape index (κ1) is 15.6. The Morgan fingerprint density at radius 1 is 1.27 bits per heavy atom. The molecule has 1 aromatic carbocycles. The molecule has 0 saturated carbocycles. The molecule has 120 valence electrons. The van der Waals surface area contributed by atoms with Gasteiger partial charge in [-0.15, -0.1) is 0 Å². The van der Waals surface area contributed by atoms with Crippen molar-refractivity contribution in [2.45, 2.75) is 56.8 Å². The summed E-state index contributed by atoms with van der Waals surface area (Å²) >= 11 is 0. The molecule has 0 spiro atoms. The Bertz CT molecular complexity index is 543. The lowest BCUT2D eigenvalue weighted by molar-refractivity contribution is -0.214. The maximum atomic E-state index is 12.3. The normalized spacial score (nSPS) is 34.4. The Kier molecular flexibility index (Phi) is 4.05. The number of ether oxygens (including phenoxy) is 3. The maximum absolute atomic E-state index is 12.3. The second kappa shape index (κ2) is 5.72. The molecule has 2 saturated heterocycles. The lowest BCUT2D eigenvalue weighted by Gasteiger charge is -2.23. The molecule has 1 unspecified atom stereocenters. The number of ketones is 1. The highest BCUT2D eigenvalue weighted by molar-refractivity contribution is 5.84. The van der Waals surface area contributed by atoms with Crippen molar-refractivity contribution in [3.05, 3.63) is 35.9 Å². The highest BCUT2D eigenvalue weighted by Gasteiger charge is 2.56. The van der Waals surface area contributed by atoms with Gasteiger partial charge in [-0.3, -0.25) is 4.79 Å². The summed E-state index contributed by atoms with van der Waals surface area (Å²) in [7, 11) is 0. The summed E-state index contributed by atoms with van der Waals surface area (Å²) in [5.74, 6) is -1.21. The number of rotatable bonds is 4. The number of hydrogen-bond acceptors (Lipinski definition) is 6. The molecule has 6 nitrogen and oxygen atoms in total. The second-order valence-electron chi connectivity index (χ2n) is 6.11. The molecular formula is C16H20O6. The molecular weight excluding hydrogens is 288 g/mol. The maximum Gasteiger partial charge on any atom is 0.190 e. The van der Waals surface area contributed by atoms with E-state index in [0.29, 0.717) is 5.56 Å². The second-order valence-corrected chi connectivity index (χ2v) is 6.11. The minimum Gasteiger partial charge on any atom is -0.388 e. The van der Waals surface area contributed by atoms with Gasteiger partial charge in [0.25, 0.3) is 0 Å². The Morgan fingerprint density at radius 3 is 2.59 bits per heavy atom. The van der Waals surface area contributed by atoms with Gasteiger partial charge in [0.2, 0.25) is 0 Å². The van der Waals surface area contributed by atoms with E-state index in [1.807, 2.05) is 6.07 Å². The minimum absolute atomic E-state index is 0.130. The van der Waals surface area contributed by atoms with Gasteiger partial charge in [0, 0.05) is 6.42 Å². The molecule has 22 heavy (non-hydrogen) atoms. The molecule has 0 aliphatic carbocycles. The Balaban J connectivity index is 1.63. The zero-order valence-electron chi connectivity index (χ0n) is 12.5. The number of benzene rings is 1. The van der Waals surface area contributed by atoms with Gasteiger partial charge in [-0.05, 0) is 19.4 Å². The predicted octanol–water partition coefficient (Wildman–Crippen LogP) is 0.916. The van der Waals surface area contributed by atoms with Crippen LogP contribution in [0.1, 0.15) is 31.9 Å². The quantitative estimate of drug-likeness (QED) is 0.860. The van der Waals surface area contributed by atoms with Crippen molar-refractivity contribution in [1.82, 2.24) is 0 Å². The van der Waals surface area contributed by atoms with Gasteiger partial charge < -0.3 is 24.4 Å². The summed E-state index contributed by atoms with van der Waals surface area (Å²) in [5, 5.41) is 20.3. The topological polar surface area (TPSA) is 85.2 Å². The van der Waals surface area contributed by atoms with Crippen LogP contribution in [0.4, 0.5) is 0 Å². The van der Waals surface area contributed by atoms with Crippen molar-refractivity contribution in [3.63, 3.8) is 0 Å². The van der Waals surface area contributed by atoms with Crippen molar-refractivity contribution in [2.24, 2.45) is 0 Å².